The van der Waals surface area contributed by atoms with Crippen LogP contribution >= 0.6 is 0 Å². The Morgan fingerprint density at radius 1 is 1.06 bits per heavy atom. The second-order valence-corrected chi connectivity index (χ2v) is 11.2. The number of hydrogen-bond acceptors (Lipinski definition) is 5. The first-order valence-corrected chi connectivity index (χ1v) is 11.7. The van der Waals surface area contributed by atoms with E-state index in [-0.39, 0.29) is 17.5 Å². The van der Waals surface area contributed by atoms with Crippen LogP contribution in [-0.2, 0) is 22.6 Å². The van der Waals surface area contributed by atoms with Gasteiger partial charge in [0, 0.05) is 31.4 Å². The van der Waals surface area contributed by atoms with Gasteiger partial charge >= 0.3 is 16.1 Å². The Bertz CT molecular complexity index is 1290. The lowest BCUT2D eigenvalue weighted by Gasteiger charge is -2.18. The molecule has 0 bridgehead atoms. The summed E-state index contributed by atoms with van der Waals surface area (Å²) in [6.45, 7) is 5.63. The first kappa shape index (κ1) is 25.6. The Morgan fingerprint density at radius 2 is 1.68 bits per heavy atom. The van der Waals surface area contributed by atoms with E-state index in [0.29, 0.717) is 15.2 Å². The molecule has 0 unspecified atom stereocenters. The second kappa shape index (κ2) is 8.95. The van der Waals surface area contributed by atoms with Gasteiger partial charge in [-0.15, -0.1) is 0 Å². The van der Waals surface area contributed by atoms with Gasteiger partial charge in [-0.05, 0) is 24.0 Å². The number of hydrogen-bond donors (Lipinski definition) is 0. The van der Waals surface area contributed by atoms with E-state index in [2.05, 4.69) is 9.97 Å². The molecule has 3 rings (SSSR count). The molecule has 2 heterocycles. The van der Waals surface area contributed by atoms with Crippen LogP contribution in [0.5, 0.6) is 0 Å². The molecule has 11 heteroatoms. The summed E-state index contributed by atoms with van der Waals surface area (Å²) in [6, 6.07) is 7.32. The van der Waals surface area contributed by atoms with Gasteiger partial charge in [0.25, 0.3) is 5.78 Å². The predicted octanol–water partition coefficient (Wildman–Crippen LogP) is 4.30. The number of carbonyl (C=O) groups excluding carboxylic acids is 1. The molecule has 0 spiro atoms. The van der Waals surface area contributed by atoms with E-state index in [1.807, 2.05) is 20.8 Å². The molecule has 182 valence electrons. The van der Waals surface area contributed by atoms with E-state index in [4.69, 9.17) is 0 Å². The van der Waals surface area contributed by atoms with Gasteiger partial charge in [0.2, 0.25) is 0 Å². The van der Waals surface area contributed by atoms with Crippen LogP contribution in [-0.4, -0.2) is 46.5 Å². The number of aromatic nitrogens is 3. The van der Waals surface area contributed by atoms with Crippen molar-refractivity contribution in [2.75, 3.05) is 14.1 Å². The highest BCUT2D eigenvalue weighted by molar-refractivity contribution is 7.87. The third-order valence-corrected chi connectivity index (χ3v) is 6.60. The number of pyridine rings is 1. The van der Waals surface area contributed by atoms with Crippen LogP contribution in [0.25, 0.3) is 11.3 Å². The Hall–Kier alpha value is -3.05. The van der Waals surface area contributed by atoms with Gasteiger partial charge in [0.15, 0.2) is 5.82 Å². The van der Waals surface area contributed by atoms with Crippen LogP contribution in [0.15, 0.2) is 48.8 Å². The topological polar surface area (TPSA) is 85.2 Å². The fraction of sp³-hybridized carbons (Fsp3) is 0.348. The van der Waals surface area contributed by atoms with Crippen LogP contribution in [0.1, 0.15) is 42.6 Å². The number of benzene rings is 1. The smallest absolute Gasteiger partial charge is 0.283 e. The van der Waals surface area contributed by atoms with E-state index in [9.17, 15) is 17.6 Å². The molecule has 34 heavy (non-hydrogen) atoms. The molecule has 0 saturated heterocycles. The van der Waals surface area contributed by atoms with Crippen molar-refractivity contribution >= 4 is 16.0 Å². The fourth-order valence-corrected chi connectivity index (χ4v) is 4.16. The molecule has 2 aromatic heterocycles. The summed E-state index contributed by atoms with van der Waals surface area (Å²) in [7, 11) is -1.82. The number of alkyl halides is 2. The van der Waals surface area contributed by atoms with E-state index in [1.165, 1.54) is 38.4 Å². The van der Waals surface area contributed by atoms with Gasteiger partial charge in [-0.1, -0.05) is 45.0 Å². The number of ketones is 1. The quantitative estimate of drug-likeness (QED) is 0.457. The van der Waals surface area contributed by atoms with Crippen molar-refractivity contribution in [3.63, 3.8) is 0 Å². The molecule has 1 aromatic carbocycles. The van der Waals surface area contributed by atoms with Crippen molar-refractivity contribution in [3.8, 4) is 11.3 Å². The number of halogens is 3. The minimum absolute atomic E-state index is 0.204. The van der Waals surface area contributed by atoms with Crippen molar-refractivity contribution in [2.45, 2.75) is 33.1 Å². The van der Waals surface area contributed by atoms with Gasteiger partial charge in [0.05, 0.1) is 17.6 Å². The van der Waals surface area contributed by atoms with Crippen LogP contribution in [0.2, 0.25) is 0 Å². The van der Waals surface area contributed by atoms with Crippen molar-refractivity contribution < 1.29 is 26.4 Å². The lowest BCUT2D eigenvalue weighted by Crippen LogP contribution is -2.34. The average molecular weight is 495 g/mol. The van der Waals surface area contributed by atoms with E-state index in [1.54, 1.807) is 0 Å². The maximum absolute atomic E-state index is 15.3. The van der Waals surface area contributed by atoms with E-state index < -0.39 is 39.1 Å². The van der Waals surface area contributed by atoms with Crippen molar-refractivity contribution in [1.82, 2.24) is 18.2 Å². The van der Waals surface area contributed by atoms with Crippen LogP contribution in [0.3, 0.4) is 0 Å². The number of nitrogens with zero attached hydrogens (tertiary/aromatic N) is 4. The Labute approximate surface area is 196 Å². The van der Waals surface area contributed by atoms with Crippen molar-refractivity contribution in [1.29, 1.82) is 0 Å². The van der Waals surface area contributed by atoms with Crippen LogP contribution in [0, 0.1) is 11.2 Å². The molecular formula is C23H25F3N4O3S. The molecule has 0 amide bonds. The zero-order valence-corrected chi connectivity index (χ0v) is 20.2. The van der Waals surface area contributed by atoms with Crippen LogP contribution < -0.4 is 0 Å². The lowest BCUT2D eigenvalue weighted by atomic mass is 9.91. The maximum Gasteiger partial charge on any atom is 0.338 e. The Balaban J connectivity index is 2.02. The van der Waals surface area contributed by atoms with Crippen molar-refractivity contribution in [3.05, 3.63) is 71.7 Å². The van der Waals surface area contributed by atoms with Gasteiger partial charge in [-0.25, -0.2) is 13.3 Å². The molecule has 0 N–H and O–H groups in total. The minimum atomic E-state index is -4.28. The maximum atomic E-state index is 15.3. The first-order valence-electron chi connectivity index (χ1n) is 10.3. The number of Topliss-reactive ketones (excluding diaryl/α,β-unsaturated/α-hetero) is 1. The molecular weight excluding hydrogens is 469 g/mol. The molecule has 3 aromatic rings. The molecule has 0 fully saturated rings. The van der Waals surface area contributed by atoms with E-state index in [0.717, 1.165) is 28.8 Å². The normalized spacial score (nSPS) is 12.9. The number of imidazole rings is 1. The molecule has 0 aliphatic heterocycles. The monoisotopic (exact) mass is 494 g/mol. The van der Waals surface area contributed by atoms with Crippen LogP contribution in [0.4, 0.5) is 13.2 Å². The molecule has 0 saturated carbocycles. The molecule has 0 aliphatic rings. The summed E-state index contributed by atoms with van der Waals surface area (Å²) in [5, 5.41) is 0. The average Bonchev–Trinajstić information content (AvgIpc) is 3.16. The largest absolute Gasteiger partial charge is 0.338 e. The van der Waals surface area contributed by atoms with Gasteiger partial charge in [-0.2, -0.15) is 21.5 Å². The third kappa shape index (κ3) is 5.20. The summed E-state index contributed by atoms with van der Waals surface area (Å²) >= 11 is 0. The SMILES string of the molecule is CN(C)S(=O)(=O)n1cc(CC(C)(C)C)nc1C(=O)C(F)(F)c1ccc(-c2ccc(F)cn2)cc1. The highest BCUT2D eigenvalue weighted by Crippen LogP contribution is 2.34. The molecule has 7 nitrogen and oxygen atoms in total. The molecule has 0 aliphatic carbocycles. The van der Waals surface area contributed by atoms with Gasteiger partial charge in [0.1, 0.15) is 5.82 Å². The summed E-state index contributed by atoms with van der Waals surface area (Å²) in [5.74, 6) is -7.21. The third-order valence-electron chi connectivity index (χ3n) is 4.90. The zero-order valence-electron chi connectivity index (χ0n) is 19.4. The summed E-state index contributed by atoms with van der Waals surface area (Å²) < 4.78 is 70.4. The van der Waals surface area contributed by atoms with Gasteiger partial charge < -0.3 is 0 Å². The van der Waals surface area contributed by atoms with E-state index >= 15 is 8.78 Å². The highest BCUT2D eigenvalue weighted by atomic mass is 32.2. The lowest BCUT2D eigenvalue weighted by molar-refractivity contribution is 0.00631. The summed E-state index contributed by atoms with van der Waals surface area (Å²) in [6.07, 6.45) is 2.38. The summed E-state index contributed by atoms with van der Waals surface area (Å²) in [5.41, 5.74) is 0.0409. The molecule has 0 radical (unpaired) electrons. The van der Waals surface area contributed by atoms with Crippen molar-refractivity contribution in [2.24, 2.45) is 5.41 Å². The summed E-state index contributed by atoms with van der Waals surface area (Å²) in [4.78, 5) is 20.8. The first-order chi connectivity index (χ1) is 15.6. The highest BCUT2D eigenvalue weighted by Gasteiger charge is 2.45. The number of rotatable bonds is 7. The standard InChI is InChI=1S/C23H25F3N4O3S/c1-22(2,3)12-18-14-30(34(32,33)29(4)5)21(28-18)20(31)23(25,26)16-8-6-15(7-9-16)19-11-10-17(24)13-27-19/h6-11,13-14H,12H2,1-5H3. The Morgan fingerprint density at radius 3 is 2.18 bits per heavy atom. The molecule has 0 atom stereocenters. The minimum Gasteiger partial charge on any atom is -0.283 e. The zero-order chi connectivity index (χ0) is 25.5. The van der Waals surface area contributed by atoms with Gasteiger partial charge in [-0.3, -0.25) is 9.78 Å². The Kier molecular flexibility index (Phi) is 6.73. The number of carbonyl (C=O) groups is 1. The second-order valence-electron chi connectivity index (χ2n) is 9.22. The predicted molar refractivity (Wildman–Crippen MR) is 121 cm³/mol. The fourth-order valence-electron chi connectivity index (χ4n) is 3.21.